The highest BCUT2D eigenvalue weighted by Crippen LogP contribution is 2.64. The molecular weight excluding hydrogens is 468 g/mol. The summed E-state index contributed by atoms with van der Waals surface area (Å²) >= 11 is 0. The van der Waals surface area contributed by atoms with E-state index in [1.807, 2.05) is 0 Å². The Bertz CT molecular complexity index is 1880. The third-order valence-corrected chi connectivity index (χ3v) is 9.56. The standard InChI is InChI=1S/C39H26/c1-3-19-33-29(15-1)30-16-2-4-20-34(30)39(33,35-23-21-27-11-5-9-25-13-7-17-31(35)37(25)27)36-24-22-28-12-6-10-26-14-8-18-32(36)38(26)28/h1-24,35-36H. The molecule has 0 aliphatic heterocycles. The number of benzene rings is 6. The van der Waals surface area contributed by atoms with Crippen molar-refractivity contribution in [2.45, 2.75) is 17.3 Å². The van der Waals surface area contributed by atoms with Crippen LogP contribution in [0.3, 0.4) is 0 Å². The Morgan fingerprint density at radius 1 is 0.410 bits per heavy atom. The average Bonchev–Trinajstić information content (AvgIpc) is 3.29. The van der Waals surface area contributed by atoms with E-state index in [0.717, 1.165) is 0 Å². The van der Waals surface area contributed by atoms with Crippen LogP contribution in [-0.2, 0) is 5.41 Å². The fourth-order valence-corrected chi connectivity index (χ4v) is 8.16. The minimum absolute atomic E-state index is 0.177. The molecule has 0 heteroatoms. The van der Waals surface area contributed by atoms with Crippen LogP contribution >= 0.6 is 0 Å². The van der Waals surface area contributed by atoms with Crippen molar-refractivity contribution in [2.75, 3.05) is 0 Å². The first-order valence-electron chi connectivity index (χ1n) is 13.9. The van der Waals surface area contributed by atoms with Crippen LogP contribution in [0.4, 0.5) is 0 Å². The minimum Gasteiger partial charge on any atom is -0.0751 e. The number of hydrogen-bond donors (Lipinski definition) is 0. The van der Waals surface area contributed by atoms with Gasteiger partial charge in [-0.1, -0.05) is 146 Å². The van der Waals surface area contributed by atoms with E-state index in [-0.39, 0.29) is 17.3 Å². The molecule has 0 amide bonds. The summed E-state index contributed by atoms with van der Waals surface area (Å²) < 4.78 is 0. The van der Waals surface area contributed by atoms with Gasteiger partial charge in [0.05, 0.1) is 0 Å². The van der Waals surface area contributed by atoms with Gasteiger partial charge in [-0.3, -0.25) is 0 Å². The zero-order valence-electron chi connectivity index (χ0n) is 21.5. The highest BCUT2D eigenvalue weighted by atomic mass is 14.6. The first-order chi connectivity index (χ1) is 19.4. The predicted octanol–water partition coefficient (Wildman–Crippen LogP) is 9.88. The van der Waals surface area contributed by atoms with Gasteiger partial charge in [0.15, 0.2) is 0 Å². The molecule has 0 saturated heterocycles. The molecule has 39 heavy (non-hydrogen) atoms. The SMILES string of the molecule is C1=CC(C2(C3C=Cc4cccc5cccc3c45)c3ccccc3-c3ccccc32)c2cccc3cccc1c23. The van der Waals surface area contributed by atoms with Crippen LogP contribution in [-0.4, -0.2) is 0 Å². The van der Waals surface area contributed by atoms with Crippen molar-refractivity contribution in [3.63, 3.8) is 0 Å². The van der Waals surface area contributed by atoms with Crippen molar-refractivity contribution >= 4 is 33.7 Å². The number of fused-ring (bicyclic) bond motifs is 3. The molecule has 0 spiro atoms. The maximum atomic E-state index is 2.50. The fraction of sp³-hybridized carbons (Fsp3) is 0.0769. The van der Waals surface area contributed by atoms with Crippen LogP contribution in [0.2, 0.25) is 0 Å². The van der Waals surface area contributed by atoms with Gasteiger partial charge in [0.2, 0.25) is 0 Å². The van der Waals surface area contributed by atoms with Gasteiger partial charge in [-0.05, 0) is 66.1 Å². The molecule has 0 radical (unpaired) electrons. The van der Waals surface area contributed by atoms with E-state index >= 15 is 0 Å². The second kappa shape index (κ2) is 7.68. The Hall–Kier alpha value is -4.68. The quantitative estimate of drug-likeness (QED) is 0.225. The van der Waals surface area contributed by atoms with E-state index in [1.165, 1.54) is 66.1 Å². The molecule has 3 aliphatic rings. The Balaban J connectivity index is 1.44. The van der Waals surface area contributed by atoms with Crippen molar-refractivity contribution in [2.24, 2.45) is 0 Å². The Kier molecular flexibility index (Phi) is 4.19. The van der Waals surface area contributed by atoms with Crippen molar-refractivity contribution in [3.05, 3.63) is 167 Å². The van der Waals surface area contributed by atoms with Crippen LogP contribution in [0, 0.1) is 0 Å². The highest BCUT2D eigenvalue weighted by Gasteiger charge is 2.54. The minimum atomic E-state index is -0.288. The topological polar surface area (TPSA) is 0 Å². The fourth-order valence-electron chi connectivity index (χ4n) is 8.16. The Morgan fingerprint density at radius 3 is 1.33 bits per heavy atom. The lowest BCUT2D eigenvalue weighted by molar-refractivity contribution is 0.430. The van der Waals surface area contributed by atoms with E-state index in [2.05, 4.69) is 146 Å². The molecule has 3 aliphatic carbocycles. The average molecular weight is 495 g/mol. The summed E-state index contributed by atoms with van der Waals surface area (Å²) in [5.74, 6) is 0.354. The molecule has 2 atom stereocenters. The number of allylic oxidation sites excluding steroid dienone is 2. The summed E-state index contributed by atoms with van der Waals surface area (Å²) in [7, 11) is 0. The van der Waals surface area contributed by atoms with E-state index in [1.54, 1.807) is 0 Å². The van der Waals surface area contributed by atoms with Gasteiger partial charge in [0, 0.05) is 17.3 Å². The van der Waals surface area contributed by atoms with Crippen molar-refractivity contribution in [3.8, 4) is 11.1 Å². The van der Waals surface area contributed by atoms with Crippen molar-refractivity contribution in [1.29, 1.82) is 0 Å². The summed E-state index contributed by atoms with van der Waals surface area (Å²) in [5, 5.41) is 5.43. The molecule has 0 saturated carbocycles. The van der Waals surface area contributed by atoms with Crippen LogP contribution in [0.1, 0.15) is 45.2 Å². The summed E-state index contributed by atoms with van der Waals surface area (Å²) in [6.07, 6.45) is 9.77. The Morgan fingerprint density at radius 2 is 0.846 bits per heavy atom. The normalized spacial score (nSPS) is 19.3. The smallest absolute Gasteiger partial charge is 0.0421 e. The van der Waals surface area contributed by atoms with Gasteiger partial charge >= 0.3 is 0 Å². The lowest BCUT2D eigenvalue weighted by atomic mass is 9.55. The molecule has 182 valence electrons. The zero-order valence-corrected chi connectivity index (χ0v) is 21.5. The molecule has 6 aromatic rings. The van der Waals surface area contributed by atoms with Crippen molar-refractivity contribution in [1.82, 2.24) is 0 Å². The zero-order chi connectivity index (χ0) is 25.6. The van der Waals surface area contributed by atoms with E-state index in [9.17, 15) is 0 Å². The van der Waals surface area contributed by atoms with E-state index in [4.69, 9.17) is 0 Å². The molecule has 9 rings (SSSR count). The Labute approximate surface area is 228 Å². The van der Waals surface area contributed by atoms with Crippen molar-refractivity contribution < 1.29 is 0 Å². The predicted molar refractivity (Wildman–Crippen MR) is 164 cm³/mol. The largest absolute Gasteiger partial charge is 0.0751 e. The second-order valence-corrected chi connectivity index (χ2v) is 11.2. The monoisotopic (exact) mass is 494 g/mol. The molecule has 0 N–H and O–H groups in total. The van der Waals surface area contributed by atoms with Gasteiger partial charge in [-0.2, -0.15) is 0 Å². The van der Waals surface area contributed by atoms with Crippen LogP contribution in [0.15, 0.2) is 133 Å². The first-order valence-corrected chi connectivity index (χ1v) is 13.9. The third-order valence-electron chi connectivity index (χ3n) is 9.56. The van der Waals surface area contributed by atoms with Crippen LogP contribution in [0.5, 0.6) is 0 Å². The summed E-state index contributed by atoms with van der Waals surface area (Å²) in [4.78, 5) is 0. The van der Waals surface area contributed by atoms with E-state index < -0.39 is 0 Å². The van der Waals surface area contributed by atoms with Crippen LogP contribution < -0.4 is 0 Å². The third kappa shape index (κ3) is 2.64. The number of hydrogen-bond acceptors (Lipinski definition) is 0. The first kappa shape index (κ1) is 21.3. The molecule has 0 bridgehead atoms. The van der Waals surface area contributed by atoms with Gasteiger partial charge < -0.3 is 0 Å². The molecule has 0 fully saturated rings. The lowest BCUT2D eigenvalue weighted by Gasteiger charge is -2.46. The molecule has 0 aromatic heterocycles. The van der Waals surface area contributed by atoms with E-state index in [0.29, 0.717) is 0 Å². The molecule has 2 unspecified atom stereocenters. The maximum Gasteiger partial charge on any atom is 0.0421 e. The maximum absolute atomic E-state index is 2.50. The molecule has 6 aromatic carbocycles. The molecule has 0 heterocycles. The summed E-state index contributed by atoms with van der Waals surface area (Å²) in [6.45, 7) is 0. The van der Waals surface area contributed by atoms with Gasteiger partial charge in [0.25, 0.3) is 0 Å². The van der Waals surface area contributed by atoms with Gasteiger partial charge in [-0.15, -0.1) is 0 Å². The lowest BCUT2D eigenvalue weighted by Crippen LogP contribution is -2.39. The summed E-state index contributed by atoms with van der Waals surface area (Å²) in [5.41, 5.74) is 10.8. The van der Waals surface area contributed by atoms with Crippen LogP contribution in [0.25, 0.3) is 44.8 Å². The molecular formula is C39H26. The van der Waals surface area contributed by atoms with Gasteiger partial charge in [-0.25, -0.2) is 0 Å². The summed E-state index contributed by atoms with van der Waals surface area (Å²) in [6, 6.07) is 45.6. The van der Waals surface area contributed by atoms with Gasteiger partial charge in [0.1, 0.15) is 0 Å². The molecule has 0 nitrogen and oxygen atoms in total. The number of rotatable bonds is 2. The highest BCUT2D eigenvalue weighted by molar-refractivity contribution is 5.99. The second-order valence-electron chi connectivity index (χ2n) is 11.2.